The highest BCUT2D eigenvalue weighted by Crippen LogP contribution is 2.16. The van der Waals surface area contributed by atoms with E-state index in [1.54, 1.807) is 0 Å². The number of anilines is 2. The van der Waals surface area contributed by atoms with Gasteiger partial charge in [-0.1, -0.05) is 0 Å². The molecule has 0 unspecified atom stereocenters. The summed E-state index contributed by atoms with van der Waals surface area (Å²) in [6.07, 6.45) is 0. The van der Waals surface area contributed by atoms with Gasteiger partial charge in [-0.25, -0.2) is 9.97 Å². The number of hydrogen-bond donors (Lipinski definition) is 3. The minimum atomic E-state index is 0.00133. The lowest BCUT2D eigenvalue weighted by atomic mass is 10.4. The second kappa shape index (κ2) is 9.46. The summed E-state index contributed by atoms with van der Waals surface area (Å²) in [6, 6.07) is 1.81. The van der Waals surface area contributed by atoms with Crippen molar-refractivity contribution in [1.82, 2.24) is 9.97 Å². The van der Waals surface area contributed by atoms with E-state index in [1.165, 1.54) is 0 Å². The van der Waals surface area contributed by atoms with Crippen LogP contribution in [0.15, 0.2) is 6.07 Å². The van der Waals surface area contributed by atoms with E-state index < -0.39 is 0 Å². The molecular formula is C13H24N4O3. The van der Waals surface area contributed by atoms with Crippen molar-refractivity contribution in [1.29, 1.82) is 0 Å². The monoisotopic (exact) mass is 284 g/mol. The van der Waals surface area contributed by atoms with Gasteiger partial charge in [0.1, 0.15) is 18.2 Å². The van der Waals surface area contributed by atoms with E-state index in [0.717, 1.165) is 6.54 Å². The van der Waals surface area contributed by atoms with Gasteiger partial charge in [0.05, 0.1) is 13.2 Å². The predicted octanol–water partition coefficient (Wildman–Crippen LogP) is 0.236. The molecule has 1 aromatic rings. The zero-order valence-corrected chi connectivity index (χ0v) is 12.2. The smallest absolute Gasteiger partial charge is 0.158 e. The zero-order valence-electron chi connectivity index (χ0n) is 12.2. The molecule has 0 fully saturated rings. The number of aliphatic hydroxyl groups is 2. The molecule has 0 aromatic carbocycles. The van der Waals surface area contributed by atoms with E-state index in [-0.39, 0.29) is 13.2 Å². The van der Waals surface area contributed by atoms with E-state index in [9.17, 15) is 0 Å². The number of nitrogens with one attached hydrogen (secondary N) is 1. The van der Waals surface area contributed by atoms with Gasteiger partial charge in [-0.05, 0) is 13.8 Å². The lowest BCUT2D eigenvalue weighted by Gasteiger charge is -2.22. The average Bonchev–Trinajstić information content (AvgIpc) is 2.45. The van der Waals surface area contributed by atoms with Crippen LogP contribution in [0.25, 0.3) is 0 Å². The molecule has 0 aliphatic carbocycles. The molecule has 0 saturated heterocycles. The summed E-state index contributed by atoms with van der Waals surface area (Å²) >= 11 is 0. The minimum Gasteiger partial charge on any atom is -0.395 e. The maximum atomic E-state index is 9.10. The molecule has 7 nitrogen and oxygen atoms in total. The van der Waals surface area contributed by atoms with Crippen LogP contribution in [0.4, 0.5) is 11.6 Å². The molecule has 1 heterocycles. The lowest BCUT2D eigenvalue weighted by molar-refractivity contribution is 0.128. The predicted molar refractivity (Wildman–Crippen MR) is 77.9 cm³/mol. The molecule has 7 heteroatoms. The third kappa shape index (κ3) is 5.28. The van der Waals surface area contributed by atoms with Gasteiger partial charge in [0.2, 0.25) is 0 Å². The molecule has 1 rings (SSSR count). The van der Waals surface area contributed by atoms with Crippen molar-refractivity contribution in [2.45, 2.75) is 20.5 Å². The second-order valence-electron chi connectivity index (χ2n) is 4.13. The summed E-state index contributed by atoms with van der Waals surface area (Å²) in [5.74, 6) is 1.98. The molecule has 3 N–H and O–H groups in total. The van der Waals surface area contributed by atoms with Gasteiger partial charge in [0, 0.05) is 32.3 Å². The van der Waals surface area contributed by atoms with E-state index in [1.807, 2.05) is 24.8 Å². The highest BCUT2D eigenvalue weighted by molar-refractivity contribution is 5.49. The van der Waals surface area contributed by atoms with Crippen LogP contribution >= 0.6 is 0 Å². The number of rotatable bonds is 10. The number of aromatic nitrogens is 2. The Hall–Kier alpha value is -1.44. The Morgan fingerprint density at radius 2 is 1.90 bits per heavy atom. The number of hydrogen-bond acceptors (Lipinski definition) is 7. The van der Waals surface area contributed by atoms with Crippen LogP contribution < -0.4 is 10.2 Å². The molecule has 0 amide bonds. The van der Waals surface area contributed by atoms with Crippen LogP contribution in [0.2, 0.25) is 0 Å². The van der Waals surface area contributed by atoms with Gasteiger partial charge in [-0.3, -0.25) is 0 Å². The van der Waals surface area contributed by atoms with Gasteiger partial charge in [0.25, 0.3) is 0 Å². The fourth-order valence-corrected chi connectivity index (χ4v) is 1.76. The largest absolute Gasteiger partial charge is 0.395 e. The Labute approximate surface area is 119 Å². The van der Waals surface area contributed by atoms with Gasteiger partial charge >= 0.3 is 0 Å². The van der Waals surface area contributed by atoms with E-state index >= 15 is 0 Å². The first kappa shape index (κ1) is 16.6. The van der Waals surface area contributed by atoms with E-state index in [4.69, 9.17) is 14.9 Å². The Bertz CT molecular complexity index is 384. The molecule has 0 bridgehead atoms. The van der Waals surface area contributed by atoms with Crippen LogP contribution in [0, 0.1) is 0 Å². The minimum absolute atomic E-state index is 0.00133. The standard InChI is InChI=1S/C13H24N4O3/c1-3-14-11-9-13(17(5-7-18)6-8-19)16-12(15-11)10-20-4-2/h9,18-19H,3-8,10H2,1-2H3,(H,14,15,16). The highest BCUT2D eigenvalue weighted by atomic mass is 16.5. The molecule has 0 spiro atoms. The lowest BCUT2D eigenvalue weighted by Crippen LogP contribution is -2.31. The molecular weight excluding hydrogens is 260 g/mol. The van der Waals surface area contributed by atoms with E-state index in [0.29, 0.717) is 43.8 Å². The van der Waals surface area contributed by atoms with Crippen molar-refractivity contribution in [3.8, 4) is 0 Å². The highest BCUT2D eigenvalue weighted by Gasteiger charge is 2.11. The summed E-state index contributed by atoms with van der Waals surface area (Å²) in [5.41, 5.74) is 0. The first-order valence-corrected chi connectivity index (χ1v) is 6.91. The molecule has 0 aliphatic rings. The van der Waals surface area contributed by atoms with Crippen molar-refractivity contribution < 1.29 is 14.9 Å². The quantitative estimate of drug-likeness (QED) is 0.567. The number of ether oxygens (including phenoxy) is 1. The van der Waals surface area contributed by atoms with E-state index in [2.05, 4.69) is 15.3 Å². The number of nitrogens with zero attached hydrogens (tertiary/aromatic N) is 3. The molecule has 0 atom stereocenters. The summed E-state index contributed by atoms with van der Waals surface area (Å²) in [4.78, 5) is 10.6. The normalized spacial score (nSPS) is 10.6. The maximum Gasteiger partial charge on any atom is 0.158 e. The molecule has 1 aromatic heterocycles. The third-order valence-corrected chi connectivity index (χ3v) is 2.62. The third-order valence-electron chi connectivity index (χ3n) is 2.62. The molecule has 20 heavy (non-hydrogen) atoms. The summed E-state index contributed by atoms with van der Waals surface area (Å²) in [7, 11) is 0. The van der Waals surface area contributed by atoms with Crippen molar-refractivity contribution in [3.63, 3.8) is 0 Å². The molecule has 0 saturated carbocycles. The van der Waals surface area contributed by atoms with Crippen LogP contribution in [-0.4, -0.2) is 59.6 Å². The Morgan fingerprint density at radius 3 is 2.45 bits per heavy atom. The fourth-order valence-electron chi connectivity index (χ4n) is 1.76. The Balaban J connectivity index is 2.97. The van der Waals surface area contributed by atoms with Crippen LogP contribution in [0.1, 0.15) is 19.7 Å². The summed E-state index contributed by atoms with van der Waals surface area (Å²) in [6.45, 7) is 6.43. The molecule has 0 aliphatic heterocycles. The van der Waals surface area contributed by atoms with Crippen LogP contribution in [-0.2, 0) is 11.3 Å². The van der Waals surface area contributed by atoms with Crippen molar-refractivity contribution in [2.75, 3.05) is 49.7 Å². The van der Waals surface area contributed by atoms with Gasteiger partial charge in [-0.15, -0.1) is 0 Å². The van der Waals surface area contributed by atoms with Crippen molar-refractivity contribution in [3.05, 3.63) is 11.9 Å². The SMILES string of the molecule is CCNc1cc(N(CCO)CCO)nc(COCC)n1. The zero-order chi connectivity index (χ0) is 14.8. The van der Waals surface area contributed by atoms with Gasteiger partial charge < -0.3 is 25.2 Å². The Morgan fingerprint density at radius 1 is 1.20 bits per heavy atom. The summed E-state index contributed by atoms with van der Waals surface area (Å²) in [5, 5.41) is 21.3. The van der Waals surface area contributed by atoms with Gasteiger partial charge in [0.15, 0.2) is 5.82 Å². The Kier molecular flexibility index (Phi) is 7.86. The summed E-state index contributed by atoms with van der Waals surface area (Å²) < 4.78 is 5.34. The van der Waals surface area contributed by atoms with Crippen LogP contribution in [0.3, 0.4) is 0 Å². The second-order valence-corrected chi connectivity index (χ2v) is 4.13. The first-order valence-electron chi connectivity index (χ1n) is 6.91. The molecule has 0 radical (unpaired) electrons. The number of aliphatic hydroxyl groups excluding tert-OH is 2. The van der Waals surface area contributed by atoms with Crippen LogP contribution in [0.5, 0.6) is 0 Å². The van der Waals surface area contributed by atoms with Crippen molar-refractivity contribution >= 4 is 11.6 Å². The maximum absolute atomic E-state index is 9.10. The topological polar surface area (TPSA) is 90.7 Å². The first-order chi connectivity index (χ1) is 9.74. The van der Waals surface area contributed by atoms with Gasteiger partial charge in [-0.2, -0.15) is 0 Å². The average molecular weight is 284 g/mol. The molecule has 114 valence electrons. The fraction of sp³-hybridized carbons (Fsp3) is 0.692. The van der Waals surface area contributed by atoms with Crippen molar-refractivity contribution in [2.24, 2.45) is 0 Å².